The number of hydrogen-bond acceptors (Lipinski definition) is 5. The van der Waals surface area contributed by atoms with Gasteiger partial charge in [0, 0.05) is 18.7 Å². The molecule has 1 heterocycles. The van der Waals surface area contributed by atoms with E-state index in [0.717, 1.165) is 28.2 Å². The zero-order chi connectivity index (χ0) is 22.4. The first kappa shape index (κ1) is 22.2. The normalized spacial score (nSPS) is 10.6. The summed E-state index contributed by atoms with van der Waals surface area (Å²) in [6.07, 6.45) is 1.07. The summed E-state index contributed by atoms with van der Waals surface area (Å²) >= 11 is 0. The van der Waals surface area contributed by atoms with Gasteiger partial charge >= 0.3 is 0 Å². The summed E-state index contributed by atoms with van der Waals surface area (Å²) in [5, 5.41) is 7.45. The molecule has 0 aliphatic heterocycles. The molecule has 164 valence electrons. The summed E-state index contributed by atoms with van der Waals surface area (Å²) in [6.45, 7) is 4.40. The minimum Gasteiger partial charge on any atom is -0.493 e. The molecule has 0 aliphatic rings. The molecule has 0 saturated heterocycles. The van der Waals surface area contributed by atoms with Crippen molar-refractivity contribution in [1.82, 2.24) is 15.1 Å². The molecule has 0 unspecified atom stereocenters. The van der Waals surface area contributed by atoms with Crippen molar-refractivity contribution in [2.75, 3.05) is 21.3 Å². The summed E-state index contributed by atoms with van der Waals surface area (Å²) in [5.41, 5.74) is 5.08. The highest BCUT2D eigenvalue weighted by atomic mass is 16.5. The Bertz CT molecular complexity index is 1020. The van der Waals surface area contributed by atoms with Gasteiger partial charge in [-0.25, -0.2) is 4.68 Å². The van der Waals surface area contributed by atoms with Gasteiger partial charge in [-0.3, -0.25) is 4.79 Å². The van der Waals surface area contributed by atoms with E-state index < -0.39 is 0 Å². The molecule has 0 radical (unpaired) electrons. The van der Waals surface area contributed by atoms with Crippen LogP contribution in [0.5, 0.6) is 17.2 Å². The van der Waals surface area contributed by atoms with Crippen molar-refractivity contribution in [3.8, 4) is 22.9 Å². The third-order valence-electron chi connectivity index (χ3n) is 5.05. The standard InChI is InChI=1S/C24H29N3O4/c1-16-12-17(2)27(26-16)20-9-6-18(7-10-20)8-11-23(28)25-15-19-13-21(29-3)24(31-5)22(14-19)30-4/h6-7,9-10,12-14H,8,11,15H2,1-5H3,(H,25,28). The van der Waals surface area contributed by atoms with Crippen LogP contribution in [0.1, 0.15) is 28.9 Å². The largest absolute Gasteiger partial charge is 0.493 e. The van der Waals surface area contributed by atoms with Crippen LogP contribution in [0.2, 0.25) is 0 Å². The van der Waals surface area contributed by atoms with E-state index in [2.05, 4.69) is 10.4 Å². The number of benzene rings is 2. The predicted molar refractivity (Wildman–Crippen MR) is 119 cm³/mol. The summed E-state index contributed by atoms with van der Waals surface area (Å²) in [7, 11) is 4.70. The Kier molecular flexibility index (Phi) is 7.18. The fourth-order valence-corrected chi connectivity index (χ4v) is 3.48. The van der Waals surface area contributed by atoms with Crippen LogP contribution < -0.4 is 19.5 Å². The highest BCUT2D eigenvalue weighted by molar-refractivity contribution is 5.76. The van der Waals surface area contributed by atoms with Crippen LogP contribution in [-0.4, -0.2) is 37.0 Å². The molecule has 0 bridgehead atoms. The smallest absolute Gasteiger partial charge is 0.220 e. The summed E-state index contributed by atoms with van der Waals surface area (Å²) in [5.74, 6) is 1.64. The number of rotatable bonds is 9. The molecule has 1 aromatic heterocycles. The molecule has 0 atom stereocenters. The quantitative estimate of drug-likeness (QED) is 0.567. The second-order valence-electron chi connectivity index (χ2n) is 7.32. The van der Waals surface area contributed by atoms with E-state index in [1.165, 1.54) is 0 Å². The molecular weight excluding hydrogens is 394 g/mol. The maximum Gasteiger partial charge on any atom is 0.220 e. The molecule has 7 heteroatoms. The van der Waals surface area contributed by atoms with Crippen LogP contribution in [0.15, 0.2) is 42.5 Å². The summed E-state index contributed by atoms with van der Waals surface area (Å²) < 4.78 is 18.0. The Balaban J connectivity index is 1.55. The maximum absolute atomic E-state index is 12.3. The molecule has 0 fully saturated rings. The van der Waals surface area contributed by atoms with E-state index in [4.69, 9.17) is 14.2 Å². The van der Waals surface area contributed by atoms with Gasteiger partial charge < -0.3 is 19.5 Å². The van der Waals surface area contributed by atoms with Crippen molar-refractivity contribution in [2.45, 2.75) is 33.2 Å². The van der Waals surface area contributed by atoms with E-state index in [-0.39, 0.29) is 5.91 Å². The topological polar surface area (TPSA) is 74.6 Å². The van der Waals surface area contributed by atoms with Gasteiger partial charge in [0.25, 0.3) is 0 Å². The van der Waals surface area contributed by atoms with Crippen LogP contribution in [0.25, 0.3) is 5.69 Å². The van der Waals surface area contributed by atoms with Gasteiger partial charge in [0.05, 0.1) is 32.7 Å². The maximum atomic E-state index is 12.3. The highest BCUT2D eigenvalue weighted by Crippen LogP contribution is 2.38. The lowest BCUT2D eigenvalue weighted by Gasteiger charge is -2.14. The fourth-order valence-electron chi connectivity index (χ4n) is 3.48. The molecule has 7 nitrogen and oxygen atoms in total. The van der Waals surface area contributed by atoms with Gasteiger partial charge in [-0.1, -0.05) is 12.1 Å². The first-order valence-corrected chi connectivity index (χ1v) is 10.1. The third kappa shape index (κ3) is 5.36. The number of ether oxygens (including phenoxy) is 3. The van der Waals surface area contributed by atoms with Crippen molar-refractivity contribution in [3.05, 3.63) is 65.0 Å². The lowest BCUT2D eigenvalue weighted by atomic mass is 10.1. The van der Waals surface area contributed by atoms with Crippen LogP contribution >= 0.6 is 0 Å². The number of nitrogens with one attached hydrogen (secondary N) is 1. The van der Waals surface area contributed by atoms with Crippen molar-refractivity contribution in [3.63, 3.8) is 0 Å². The first-order chi connectivity index (χ1) is 14.9. The highest BCUT2D eigenvalue weighted by Gasteiger charge is 2.13. The number of aromatic nitrogens is 2. The van der Waals surface area contributed by atoms with Crippen molar-refractivity contribution < 1.29 is 19.0 Å². The average molecular weight is 424 g/mol. The zero-order valence-corrected chi connectivity index (χ0v) is 18.7. The zero-order valence-electron chi connectivity index (χ0n) is 18.7. The van der Waals surface area contributed by atoms with Crippen LogP contribution in [0.3, 0.4) is 0 Å². The number of methoxy groups -OCH3 is 3. The van der Waals surface area contributed by atoms with E-state index in [9.17, 15) is 4.79 Å². The van der Waals surface area contributed by atoms with Crippen LogP contribution in [-0.2, 0) is 17.8 Å². The number of hydrogen-bond donors (Lipinski definition) is 1. The molecule has 3 rings (SSSR count). The van der Waals surface area contributed by atoms with Crippen molar-refractivity contribution in [1.29, 1.82) is 0 Å². The van der Waals surface area contributed by atoms with E-state index in [0.29, 0.717) is 36.6 Å². The number of carbonyl (C=O) groups excluding carboxylic acids is 1. The molecule has 1 amide bonds. The van der Waals surface area contributed by atoms with Crippen molar-refractivity contribution in [2.24, 2.45) is 0 Å². The Morgan fingerprint density at radius 2 is 1.58 bits per heavy atom. The predicted octanol–water partition coefficient (Wildman–Crippen LogP) is 3.76. The van der Waals surface area contributed by atoms with Crippen molar-refractivity contribution >= 4 is 5.91 Å². The van der Waals surface area contributed by atoms with E-state index in [1.807, 2.05) is 61.0 Å². The minimum absolute atomic E-state index is 0.0172. The van der Waals surface area contributed by atoms with Gasteiger partial charge in [-0.2, -0.15) is 5.10 Å². The average Bonchev–Trinajstić information content (AvgIpc) is 3.13. The van der Waals surface area contributed by atoms with E-state index in [1.54, 1.807) is 21.3 Å². The van der Waals surface area contributed by atoms with Gasteiger partial charge in [0.1, 0.15) is 0 Å². The third-order valence-corrected chi connectivity index (χ3v) is 5.05. The Hall–Kier alpha value is -3.48. The molecule has 0 spiro atoms. The summed E-state index contributed by atoms with van der Waals surface area (Å²) in [6, 6.07) is 13.9. The van der Waals surface area contributed by atoms with Gasteiger partial charge in [-0.15, -0.1) is 0 Å². The fraction of sp³-hybridized carbons (Fsp3) is 0.333. The Morgan fingerprint density at radius 1 is 0.935 bits per heavy atom. The molecule has 1 N–H and O–H groups in total. The van der Waals surface area contributed by atoms with Gasteiger partial charge in [0.2, 0.25) is 11.7 Å². The molecule has 31 heavy (non-hydrogen) atoms. The molecular formula is C24H29N3O4. The Labute approximate surface area is 182 Å². The van der Waals surface area contributed by atoms with E-state index >= 15 is 0 Å². The molecule has 0 aliphatic carbocycles. The van der Waals surface area contributed by atoms with Gasteiger partial charge in [0.15, 0.2) is 11.5 Å². The second kappa shape index (κ2) is 10.0. The SMILES string of the molecule is COc1cc(CNC(=O)CCc2ccc(-n3nc(C)cc3C)cc2)cc(OC)c1OC. The Morgan fingerprint density at radius 3 is 2.10 bits per heavy atom. The van der Waals surface area contributed by atoms with Gasteiger partial charge in [-0.05, 0) is 61.7 Å². The monoisotopic (exact) mass is 423 g/mol. The number of carbonyl (C=O) groups is 1. The molecule has 3 aromatic rings. The number of amides is 1. The lowest BCUT2D eigenvalue weighted by Crippen LogP contribution is -2.23. The van der Waals surface area contributed by atoms with Crippen LogP contribution in [0, 0.1) is 13.8 Å². The minimum atomic E-state index is -0.0172. The molecule has 0 saturated carbocycles. The summed E-state index contributed by atoms with van der Waals surface area (Å²) in [4.78, 5) is 12.3. The van der Waals surface area contributed by atoms with Crippen LogP contribution in [0.4, 0.5) is 0 Å². The first-order valence-electron chi connectivity index (χ1n) is 10.1. The lowest BCUT2D eigenvalue weighted by molar-refractivity contribution is -0.121. The number of nitrogens with zero attached hydrogens (tertiary/aromatic N) is 2. The molecule has 2 aromatic carbocycles. The second-order valence-corrected chi connectivity index (χ2v) is 7.32. The number of aryl methyl sites for hydroxylation is 3.